The van der Waals surface area contributed by atoms with Gasteiger partial charge < -0.3 is 5.32 Å². The second-order valence-corrected chi connectivity index (χ2v) is 7.95. The fourth-order valence-electron chi connectivity index (χ4n) is 3.54. The van der Waals surface area contributed by atoms with Crippen LogP contribution in [0.25, 0.3) is 16.9 Å². The molecule has 1 amide bonds. The van der Waals surface area contributed by atoms with Gasteiger partial charge in [0.2, 0.25) is 0 Å². The number of benzene rings is 2. The molecule has 1 N–H and O–H groups in total. The highest BCUT2D eigenvalue weighted by Gasteiger charge is 2.17. The van der Waals surface area contributed by atoms with Crippen molar-refractivity contribution in [1.82, 2.24) is 24.4 Å². The maximum absolute atomic E-state index is 14.1. The van der Waals surface area contributed by atoms with Crippen molar-refractivity contribution in [3.8, 4) is 11.3 Å². The van der Waals surface area contributed by atoms with E-state index in [0.717, 1.165) is 16.8 Å². The van der Waals surface area contributed by atoms with Gasteiger partial charge in [0.05, 0.1) is 18.4 Å². The van der Waals surface area contributed by atoms with Gasteiger partial charge in [-0.05, 0) is 25.1 Å². The Bertz CT molecular complexity index is 1450. The Kier molecular flexibility index (Phi) is 5.35. The molecule has 0 bridgehead atoms. The summed E-state index contributed by atoms with van der Waals surface area (Å²) in [6.45, 7) is 2.16. The van der Waals surface area contributed by atoms with Crippen LogP contribution in [0, 0.1) is 12.7 Å². The molecule has 5 aromatic rings. The van der Waals surface area contributed by atoms with Gasteiger partial charge in [-0.1, -0.05) is 47.5 Å². The lowest BCUT2D eigenvalue weighted by Gasteiger charge is -2.06. The van der Waals surface area contributed by atoms with E-state index in [0.29, 0.717) is 27.6 Å². The third-order valence-electron chi connectivity index (χ3n) is 5.26. The van der Waals surface area contributed by atoms with E-state index in [4.69, 9.17) is 11.6 Å². The maximum Gasteiger partial charge on any atom is 0.262 e. The molecule has 0 spiro atoms. The molecule has 164 valence electrons. The zero-order valence-electron chi connectivity index (χ0n) is 17.5. The van der Waals surface area contributed by atoms with Crippen molar-refractivity contribution in [3.05, 3.63) is 101 Å². The molecule has 0 aliphatic rings. The van der Waals surface area contributed by atoms with Crippen LogP contribution in [0.4, 0.5) is 10.2 Å². The van der Waals surface area contributed by atoms with Crippen LogP contribution in [0.2, 0.25) is 5.02 Å². The zero-order chi connectivity index (χ0) is 22.9. The Hall–Kier alpha value is -4.04. The highest BCUT2D eigenvalue weighted by Crippen LogP contribution is 2.23. The quantitative estimate of drug-likeness (QED) is 0.400. The molecule has 9 heteroatoms. The Morgan fingerprint density at radius 1 is 1.12 bits per heavy atom. The molecule has 33 heavy (non-hydrogen) atoms. The van der Waals surface area contributed by atoms with Crippen LogP contribution < -0.4 is 5.32 Å². The number of hydrogen-bond acceptors (Lipinski definition) is 4. The van der Waals surface area contributed by atoms with Crippen molar-refractivity contribution in [2.75, 3.05) is 5.32 Å². The minimum Gasteiger partial charge on any atom is -0.305 e. The van der Waals surface area contributed by atoms with Crippen molar-refractivity contribution in [2.45, 2.75) is 13.5 Å². The van der Waals surface area contributed by atoms with E-state index < -0.39 is 11.7 Å². The van der Waals surface area contributed by atoms with Gasteiger partial charge in [0.25, 0.3) is 5.91 Å². The molecule has 3 aromatic heterocycles. The number of halogens is 2. The predicted molar refractivity (Wildman–Crippen MR) is 124 cm³/mol. The number of aryl methyl sites for hydroxylation is 1. The summed E-state index contributed by atoms with van der Waals surface area (Å²) >= 11 is 6.09. The Morgan fingerprint density at radius 2 is 1.94 bits per heavy atom. The first-order chi connectivity index (χ1) is 16.0. The Morgan fingerprint density at radius 3 is 2.73 bits per heavy atom. The van der Waals surface area contributed by atoms with Gasteiger partial charge in [-0.3, -0.25) is 9.48 Å². The first-order valence-corrected chi connectivity index (χ1v) is 10.5. The van der Waals surface area contributed by atoms with E-state index in [1.807, 2.05) is 37.3 Å². The van der Waals surface area contributed by atoms with Crippen molar-refractivity contribution in [1.29, 1.82) is 0 Å². The Labute approximate surface area is 193 Å². The summed E-state index contributed by atoms with van der Waals surface area (Å²) in [5.41, 5.74) is 4.02. The van der Waals surface area contributed by atoms with Gasteiger partial charge in [0, 0.05) is 34.6 Å². The van der Waals surface area contributed by atoms with Crippen LogP contribution in [0.15, 0.2) is 73.2 Å². The highest BCUT2D eigenvalue weighted by atomic mass is 35.5. The molecule has 2 aromatic carbocycles. The Balaban J connectivity index is 1.38. The number of fused-ring (bicyclic) bond motifs is 1. The van der Waals surface area contributed by atoms with E-state index in [-0.39, 0.29) is 6.54 Å². The van der Waals surface area contributed by atoms with E-state index in [1.165, 1.54) is 16.9 Å². The first-order valence-electron chi connectivity index (χ1n) is 10.2. The number of hydrogen-bond donors (Lipinski definition) is 1. The number of anilines is 1. The van der Waals surface area contributed by atoms with E-state index in [1.54, 1.807) is 35.1 Å². The van der Waals surface area contributed by atoms with Crippen LogP contribution >= 0.6 is 11.6 Å². The monoisotopic (exact) mass is 460 g/mol. The fourth-order valence-corrected chi connectivity index (χ4v) is 3.76. The molecule has 7 nitrogen and oxygen atoms in total. The molecule has 5 rings (SSSR count). The lowest BCUT2D eigenvalue weighted by Crippen LogP contribution is -2.13. The predicted octanol–water partition coefficient (Wildman–Crippen LogP) is 4.99. The van der Waals surface area contributed by atoms with Gasteiger partial charge in [-0.15, -0.1) is 0 Å². The fraction of sp³-hybridized carbons (Fsp3) is 0.0833. The summed E-state index contributed by atoms with van der Waals surface area (Å²) in [6.07, 6.45) is 4.77. The van der Waals surface area contributed by atoms with E-state index in [2.05, 4.69) is 20.5 Å². The van der Waals surface area contributed by atoms with Crippen molar-refractivity contribution in [3.63, 3.8) is 0 Å². The number of carbonyl (C=O) groups is 1. The molecule has 0 radical (unpaired) electrons. The molecule has 0 saturated heterocycles. The number of rotatable bonds is 5. The summed E-state index contributed by atoms with van der Waals surface area (Å²) in [5, 5.41) is 11.7. The third kappa shape index (κ3) is 4.08. The number of carbonyl (C=O) groups excluding carboxylic acids is 1. The van der Waals surface area contributed by atoms with E-state index in [9.17, 15) is 9.18 Å². The summed E-state index contributed by atoms with van der Waals surface area (Å²) in [7, 11) is 0. The van der Waals surface area contributed by atoms with Gasteiger partial charge in [0.1, 0.15) is 11.4 Å². The van der Waals surface area contributed by atoms with Crippen molar-refractivity contribution in [2.24, 2.45) is 0 Å². The zero-order valence-corrected chi connectivity index (χ0v) is 18.3. The number of amides is 1. The van der Waals surface area contributed by atoms with Gasteiger partial charge in [-0.25, -0.2) is 13.9 Å². The molecule has 0 fully saturated rings. The minimum atomic E-state index is -0.412. The number of aromatic nitrogens is 5. The van der Waals surface area contributed by atoms with Crippen molar-refractivity contribution < 1.29 is 9.18 Å². The maximum atomic E-state index is 14.1. The van der Waals surface area contributed by atoms with Crippen molar-refractivity contribution >= 4 is 29.0 Å². The third-order valence-corrected chi connectivity index (χ3v) is 5.61. The van der Waals surface area contributed by atoms with Gasteiger partial charge >= 0.3 is 0 Å². The molecule has 0 unspecified atom stereocenters. The highest BCUT2D eigenvalue weighted by molar-refractivity contribution is 6.31. The first kappa shape index (κ1) is 20.8. The van der Waals surface area contributed by atoms with Crippen LogP contribution in [-0.4, -0.2) is 30.3 Å². The lowest BCUT2D eigenvalue weighted by molar-refractivity contribution is 0.102. The summed E-state index contributed by atoms with van der Waals surface area (Å²) in [5.74, 6) is -0.486. The number of nitrogens with one attached hydrogen (secondary N) is 1. The van der Waals surface area contributed by atoms with Crippen LogP contribution in [0.1, 0.15) is 21.5 Å². The lowest BCUT2D eigenvalue weighted by atomic mass is 10.1. The minimum absolute atomic E-state index is 0.138. The molecular formula is C24H18ClFN6O. The smallest absolute Gasteiger partial charge is 0.262 e. The normalized spacial score (nSPS) is 11.1. The SMILES string of the molecule is Cc1ccc(-c2ccnc3c(C(=O)Nc4ccn(Cc5c(F)cccc5Cl)n4)cnn23)cc1. The second kappa shape index (κ2) is 8.48. The molecule has 3 heterocycles. The largest absolute Gasteiger partial charge is 0.305 e. The average Bonchev–Trinajstić information content (AvgIpc) is 3.43. The van der Waals surface area contributed by atoms with Crippen LogP contribution in [0.3, 0.4) is 0 Å². The average molecular weight is 461 g/mol. The standard InChI is InChI=1S/C24H18ClFN6O/c1-15-5-7-16(8-6-15)21-9-11-27-23-17(13-28-32(21)23)24(33)29-22-10-12-31(30-22)14-18-19(25)3-2-4-20(18)26/h2-13H,14H2,1H3,(H,29,30,33). The molecule has 0 aliphatic carbocycles. The number of nitrogens with zero attached hydrogens (tertiary/aromatic N) is 5. The van der Waals surface area contributed by atoms with E-state index >= 15 is 0 Å². The van der Waals surface area contributed by atoms with Gasteiger partial charge in [-0.2, -0.15) is 10.2 Å². The molecule has 0 saturated carbocycles. The van der Waals surface area contributed by atoms with Gasteiger partial charge in [0.15, 0.2) is 11.5 Å². The summed E-state index contributed by atoms with van der Waals surface area (Å²) in [4.78, 5) is 17.3. The molecular weight excluding hydrogens is 443 g/mol. The van der Waals surface area contributed by atoms with Crippen LogP contribution in [0.5, 0.6) is 0 Å². The molecule has 0 atom stereocenters. The summed E-state index contributed by atoms with van der Waals surface area (Å²) < 4.78 is 17.2. The second-order valence-electron chi connectivity index (χ2n) is 7.54. The topological polar surface area (TPSA) is 77.1 Å². The van der Waals surface area contributed by atoms with Crippen LogP contribution in [-0.2, 0) is 6.54 Å². The summed E-state index contributed by atoms with van der Waals surface area (Å²) in [6, 6.07) is 16.0. The molecule has 0 aliphatic heterocycles.